The van der Waals surface area contributed by atoms with Gasteiger partial charge in [0, 0.05) is 0 Å². The maximum atomic E-state index is 2.59. The van der Waals surface area contributed by atoms with Gasteiger partial charge in [-0.15, -0.1) is 0 Å². The smallest absolute Gasteiger partial charge is 0.0795 e. The van der Waals surface area contributed by atoms with E-state index < -0.39 is 8.07 Å². The highest BCUT2D eigenvalue weighted by atomic mass is 28.3. The molecular weight excluding hydrogens is 352 g/mol. The van der Waals surface area contributed by atoms with E-state index in [0.29, 0.717) is 0 Å². The fourth-order valence-electron chi connectivity index (χ4n) is 5.50. The zero-order valence-corrected chi connectivity index (χ0v) is 17.9. The van der Waals surface area contributed by atoms with E-state index in [-0.39, 0.29) is 0 Å². The Kier molecular flexibility index (Phi) is 4.03. The molecule has 0 aromatic heterocycles. The van der Waals surface area contributed by atoms with Crippen molar-refractivity contribution in [3.63, 3.8) is 0 Å². The predicted octanol–water partition coefficient (Wildman–Crippen LogP) is 4.54. The van der Waals surface area contributed by atoms with E-state index in [9.17, 15) is 0 Å². The van der Waals surface area contributed by atoms with E-state index >= 15 is 0 Å². The van der Waals surface area contributed by atoms with Gasteiger partial charge in [0.05, 0.1) is 0 Å². The van der Waals surface area contributed by atoms with Crippen LogP contribution in [0, 0.1) is 13.8 Å². The number of allylic oxidation sites excluding steroid dienone is 2. The summed E-state index contributed by atoms with van der Waals surface area (Å²) in [6.07, 6.45) is 11.4. The van der Waals surface area contributed by atoms with E-state index in [4.69, 9.17) is 0 Å². The van der Waals surface area contributed by atoms with Gasteiger partial charge in [0.2, 0.25) is 0 Å². The molecule has 0 bridgehead atoms. The van der Waals surface area contributed by atoms with Gasteiger partial charge >= 0.3 is 0 Å². The van der Waals surface area contributed by atoms with E-state index in [2.05, 4.69) is 99.3 Å². The van der Waals surface area contributed by atoms with Crippen molar-refractivity contribution in [2.24, 2.45) is 0 Å². The van der Waals surface area contributed by atoms with E-state index in [1.54, 1.807) is 21.5 Å². The van der Waals surface area contributed by atoms with Crippen LogP contribution in [-0.2, 0) is 12.8 Å². The molecule has 0 N–H and O–H groups in total. The van der Waals surface area contributed by atoms with Crippen LogP contribution in [0.4, 0.5) is 0 Å². The maximum absolute atomic E-state index is 2.59. The molecule has 0 atom stereocenters. The quantitative estimate of drug-likeness (QED) is 0.464. The molecule has 0 heterocycles. The molecule has 0 radical (unpaired) electrons. The number of rotatable bonds is 3. The Morgan fingerprint density at radius 2 is 1.14 bits per heavy atom. The van der Waals surface area contributed by atoms with Gasteiger partial charge in [0.15, 0.2) is 0 Å². The summed E-state index contributed by atoms with van der Waals surface area (Å²) in [6.45, 7) is 7.22. The molecule has 1 heteroatoms. The minimum atomic E-state index is -2.16. The van der Waals surface area contributed by atoms with Crippen molar-refractivity contribution in [1.29, 1.82) is 0 Å². The first-order valence-electron chi connectivity index (χ1n) is 10.2. The lowest BCUT2D eigenvalue weighted by Gasteiger charge is -2.36. The van der Waals surface area contributed by atoms with Crippen molar-refractivity contribution >= 4 is 35.8 Å². The van der Waals surface area contributed by atoms with E-state index in [0.717, 1.165) is 12.8 Å². The van der Waals surface area contributed by atoms with Gasteiger partial charge in [-0.25, -0.2) is 0 Å². The highest BCUT2D eigenvalue weighted by Crippen LogP contribution is 2.27. The Labute approximate surface area is 169 Å². The molecule has 0 nitrogen and oxygen atoms in total. The van der Waals surface area contributed by atoms with Gasteiger partial charge in [-0.2, -0.15) is 0 Å². The second-order valence-corrected chi connectivity index (χ2v) is 12.2. The van der Waals surface area contributed by atoms with Gasteiger partial charge in [-0.05, 0) is 64.5 Å². The lowest BCUT2D eigenvalue weighted by atomic mass is 10.1. The van der Waals surface area contributed by atoms with Gasteiger partial charge in [-0.1, -0.05) is 96.6 Å². The van der Waals surface area contributed by atoms with Crippen molar-refractivity contribution in [2.75, 3.05) is 0 Å². The molecule has 3 aromatic rings. The summed E-state index contributed by atoms with van der Waals surface area (Å²) in [5, 5.41) is 4.77. The van der Waals surface area contributed by atoms with Gasteiger partial charge in [-0.3, -0.25) is 0 Å². The minimum Gasteiger partial charge on any atom is -0.0795 e. The molecular formula is C27H26Si. The minimum absolute atomic E-state index is 1.06. The number of hydrogen-bond donors (Lipinski definition) is 0. The van der Waals surface area contributed by atoms with Crippen LogP contribution in [-0.4, -0.2) is 8.07 Å². The van der Waals surface area contributed by atoms with Crippen LogP contribution in [0.5, 0.6) is 0 Å². The lowest BCUT2D eigenvalue weighted by Crippen LogP contribution is -2.68. The zero-order chi connectivity index (χ0) is 19.3. The molecule has 5 rings (SSSR count). The number of fused-ring (bicyclic) bond motifs is 2. The normalized spacial score (nSPS) is 14.4. The van der Waals surface area contributed by atoms with Crippen LogP contribution in [0.1, 0.15) is 33.4 Å². The second-order valence-electron chi connectivity index (χ2n) is 8.35. The lowest BCUT2D eigenvalue weighted by molar-refractivity contribution is 1.29. The van der Waals surface area contributed by atoms with E-state index in [1.807, 2.05) is 0 Å². The third-order valence-electron chi connectivity index (χ3n) is 6.70. The molecule has 0 unspecified atom stereocenters. The third-order valence-corrected chi connectivity index (χ3v) is 11.6. The zero-order valence-electron chi connectivity index (χ0n) is 16.9. The van der Waals surface area contributed by atoms with Crippen LogP contribution >= 0.6 is 0 Å². The molecule has 0 saturated heterocycles. The highest BCUT2D eigenvalue weighted by molar-refractivity contribution is 7.11. The molecule has 0 saturated carbocycles. The molecule has 0 aliphatic heterocycles. The first kappa shape index (κ1) is 17.5. The van der Waals surface area contributed by atoms with Crippen molar-refractivity contribution in [1.82, 2.24) is 0 Å². The van der Waals surface area contributed by atoms with Gasteiger partial charge < -0.3 is 0 Å². The summed E-state index contributed by atoms with van der Waals surface area (Å²) in [4.78, 5) is 0. The molecule has 0 amide bonds. The fourth-order valence-corrected chi connectivity index (χ4v) is 10.6. The highest BCUT2D eigenvalue weighted by Gasteiger charge is 2.41. The van der Waals surface area contributed by atoms with Crippen LogP contribution < -0.4 is 15.6 Å². The summed E-state index contributed by atoms with van der Waals surface area (Å²) in [5.74, 6) is 0. The third kappa shape index (κ3) is 2.43. The molecule has 2 aliphatic rings. The van der Waals surface area contributed by atoms with Crippen molar-refractivity contribution in [3.05, 3.63) is 100 Å². The standard InChI is InChI=1S/C27H26Si/c1-19-15-17-21-9-7-13-24(21)26(19)28(3,23-11-5-4-6-12-23)27-20(2)16-18-22-10-8-14-25(22)27/h4-12,15-18H,13-14H2,1-3H3. The Hall–Kier alpha value is -2.64. The first-order valence-corrected chi connectivity index (χ1v) is 12.7. The molecule has 2 aliphatic carbocycles. The molecule has 138 valence electrons. The molecule has 0 fully saturated rings. The summed E-state index contributed by atoms with van der Waals surface area (Å²) in [7, 11) is -2.16. The van der Waals surface area contributed by atoms with Gasteiger partial charge in [0.25, 0.3) is 0 Å². The Morgan fingerprint density at radius 3 is 1.64 bits per heavy atom. The largest absolute Gasteiger partial charge is 0.146 e. The predicted molar refractivity (Wildman–Crippen MR) is 125 cm³/mol. The number of hydrogen-bond acceptors (Lipinski definition) is 0. The Balaban J connectivity index is 1.90. The molecule has 0 spiro atoms. The monoisotopic (exact) mass is 378 g/mol. The molecule has 3 aromatic carbocycles. The second kappa shape index (κ2) is 6.46. The van der Waals surface area contributed by atoms with Crippen LogP contribution in [0.2, 0.25) is 6.55 Å². The van der Waals surface area contributed by atoms with Crippen molar-refractivity contribution in [3.8, 4) is 0 Å². The summed E-state index contributed by atoms with van der Waals surface area (Å²) >= 11 is 0. The summed E-state index contributed by atoms with van der Waals surface area (Å²) in [5.41, 5.74) is 8.84. The van der Waals surface area contributed by atoms with Crippen LogP contribution in [0.3, 0.4) is 0 Å². The van der Waals surface area contributed by atoms with Crippen LogP contribution in [0.25, 0.3) is 12.2 Å². The SMILES string of the molecule is Cc1ccc2c(c1[Si](C)(c1ccccc1)c1c(C)ccc3c1CC=C3)CC=C2. The average Bonchev–Trinajstić information content (AvgIpc) is 3.37. The topological polar surface area (TPSA) is 0 Å². The average molecular weight is 379 g/mol. The number of aryl methyl sites for hydroxylation is 2. The molecule has 28 heavy (non-hydrogen) atoms. The van der Waals surface area contributed by atoms with Crippen molar-refractivity contribution in [2.45, 2.75) is 33.2 Å². The summed E-state index contributed by atoms with van der Waals surface area (Å²) < 4.78 is 0. The first-order chi connectivity index (χ1) is 13.6. The van der Waals surface area contributed by atoms with Gasteiger partial charge in [0.1, 0.15) is 8.07 Å². The Morgan fingerprint density at radius 1 is 0.643 bits per heavy atom. The maximum Gasteiger partial charge on any atom is 0.146 e. The van der Waals surface area contributed by atoms with E-state index in [1.165, 1.54) is 27.4 Å². The van der Waals surface area contributed by atoms with Crippen molar-refractivity contribution < 1.29 is 0 Å². The fraction of sp³-hybridized carbons (Fsp3) is 0.185. The van der Waals surface area contributed by atoms with Crippen LogP contribution in [0.15, 0.2) is 66.7 Å². The number of benzene rings is 3. The Bertz CT molecular complexity index is 1060. The summed E-state index contributed by atoms with van der Waals surface area (Å²) in [6, 6.07) is 20.6.